The molecule has 0 radical (unpaired) electrons. The van der Waals surface area contributed by atoms with Crippen LogP contribution < -0.4 is 10.1 Å². The highest BCUT2D eigenvalue weighted by molar-refractivity contribution is 5.32. The minimum absolute atomic E-state index is 0.152. The molecule has 2 rings (SSSR count). The van der Waals surface area contributed by atoms with Gasteiger partial charge in [-0.3, -0.25) is 4.68 Å². The molecule has 1 aromatic carbocycles. The first-order chi connectivity index (χ1) is 9.65. The number of aryl methyl sites for hydroxylation is 2. The summed E-state index contributed by atoms with van der Waals surface area (Å²) in [6, 6.07) is 7.15. The van der Waals surface area contributed by atoms with Crippen LogP contribution in [0.4, 0.5) is 4.39 Å². The van der Waals surface area contributed by atoms with Gasteiger partial charge >= 0.3 is 0 Å². The molecule has 0 spiro atoms. The molecule has 0 aliphatic carbocycles. The Hall–Kier alpha value is -1.88. The van der Waals surface area contributed by atoms with E-state index in [4.69, 9.17) is 4.74 Å². The molecule has 0 fully saturated rings. The molecular weight excluding hydrogens is 257 g/mol. The number of hydrogen-bond donors (Lipinski definition) is 1. The first-order valence-corrected chi connectivity index (χ1v) is 6.63. The van der Waals surface area contributed by atoms with Crippen LogP contribution in [0.3, 0.4) is 0 Å². The van der Waals surface area contributed by atoms with Gasteiger partial charge in [-0.1, -0.05) is 6.07 Å². The van der Waals surface area contributed by atoms with Gasteiger partial charge in [0.25, 0.3) is 0 Å². The molecule has 0 amide bonds. The summed E-state index contributed by atoms with van der Waals surface area (Å²) in [6.07, 6.45) is 3.61. The van der Waals surface area contributed by atoms with E-state index in [0.717, 1.165) is 18.4 Å². The zero-order chi connectivity index (χ0) is 14.5. The summed E-state index contributed by atoms with van der Waals surface area (Å²) in [5.41, 5.74) is 2.20. The Morgan fingerprint density at radius 3 is 2.80 bits per heavy atom. The highest BCUT2D eigenvalue weighted by atomic mass is 19.1. The van der Waals surface area contributed by atoms with Crippen LogP contribution >= 0.6 is 0 Å². The SMILES string of the molecule is CNC(CCc1ccnn1C)c1ccc(F)c(OC)c1. The van der Waals surface area contributed by atoms with E-state index in [2.05, 4.69) is 10.4 Å². The molecule has 0 aliphatic heterocycles. The van der Waals surface area contributed by atoms with Crippen LogP contribution in [0.2, 0.25) is 0 Å². The smallest absolute Gasteiger partial charge is 0.165 e. The van der Waals surface area contributed by atoms with Gasteiger partial charge in [-0.25, -0.2) is 4.39 Å². The summed E-state index contributed by atoms with van der Waals surface area (Å²) in [5, 5.41) is 7.42. The molecule has 0 aliphatic rings. The lowest BCUT2D eigenvalue weighted by Gasteiger charge is -2.17. The Morgan fingerprint density at radius 2 is 2.20 bits per heavy atom. The van der Waals surface area contributed by atoms with Crippen LogP contribution in [-0.4, -0.2) is 23.9 Å². The molecular formula is C15H20FN3O. The summed E-state index contributed by atoms with van der Waals surface area (Å²) < 4.78 is 20.3. The van der Waals surface area contributed by atoms with E-state index in [0.29, 0.717) is 0 Å². The van der Waals surface area contributed by atoms with Crippen LogP contribution in [0.15, 0.2) is 30.5 Å². The van der Waals surface area contributed by atoms with Crippen LogP contribution in [-0.2, 0) is 13.5 Å². The minimum atomic E-state index is -0.335. The van der Waals surface area contributed by atoms with Crippen molar-refractivity contribution in [3.8, 4) is 5.75 Å². The molecule has 0 saturated heterocycles. The lowest BCUT2D eigenvalue weighted by atomic mass is 10.0. The Balaban J connectivity index is 2.10. The lowest BCUT2D eigenvalue weighted by molar-refractivity contribution is 0.384. The van der Waals surface area contributed by atoms with Crippen LogP contribution in [0.5, 0.6) is 5.75 Å². The van der Waals surface area contributed by atoms with E-state index >= 15 is 0 Å². The zero-order valence-electron chi connectivity index (χ0n) is 12.1. The maximum atomic E-state index is 13.4. The van der Waals surface area contributed by atoms with Gasteiger partial charge in [0.05, 0.1) is 7.11 Å². The fraction of sp³-hybridized carbons (Fsp3) is 0.400. The Bertz CT molecular complexity index is 568. The molecule has 20 heavy (non-hydrogen) atoms. The second-order valence-electron chi connectivity index (χ2n) is 4.72. The molecule has 0 saturated carbocycles. The Labute approximate surface area is 118 Å². The second kappa shape index (κ2) is 6.52. The van der Waals surface area contributed by atoms with Crippen molar-refractivity contribution in [1.82, 2.24) is 15.1 Å². The average Bonchev–Trinajstić information content (AvgIpc) is 2.86. The third kappa shape index (κ3) is 3.17. The van der Waals surface area contributed by atoms with Gasteiger partial charge in [0.2, 0.25) is 0 Å². The normalized spacial score (nSPS) is 12.4. The van der Waals surface area contributed by atoms with E-state index in [9.17, 15) is 4.39 Å². The van der Waals surface area contributed by atoms with Crippen molar-refractivity contribution in [2.75, 3.05) is 14.2 Å². The van der Waals surface area contributed by atoms with Gasteiger partial charge in [0.1, 0.15) is 0 Å². The molecule has 0 bridgehead atoms. The quantitative estimate of drug-likeness (QED) is 0.881. The average molecular weight is 277 g/mol. The third-order valence-corrected chi connectivity index (χ3v) is 3.54. The molecule has 1 unspecified atom stereocenters. The van der Waals surface area contributed by atoms with E-state index in [-0.39, 0.29) is 17.6 Å². The highest BCUT2D eigenvalue weighted by Crippen LogP contribution is 2.25. The lowest BCUT2D eigenvalue weighted by Crippen LogP contribution is -2.18. The number of aromatic nitrogens is 2. The number of nitrogens with one attached hydrogen (secondary N) is 1. The second-order valence-corrected chi connectivity index (χ2v) is 4.72. The molecule has 2 aromatic rings. The third-order valence-electron chi connectivity index (χ3n) is 3.54. The minimum Gasteiger partial charge on any atom is -0.494 e. The zero-order valence-corrected chi connectivity index (χ0v) is 12.1. The maximum absolute atomic E-state index is 13.4. The first-order valence-electron chi connectivity index (χ1n) is 6.63. The number of nitrogens with zero attached hydrogens (tertiary/aromatic N) is 2. The maximum Gasteiger partial charge on any atom is 0.165 e. The number of methoxy groups -OCH3 is 1. The van der Waals surface area contributed by atoms with E-state index in [1.165, 1.54) is 18.9 Å². The molecule has 108 valence electrons. The van der Waals surface area contributed by atoms with Gasteiger partial charge in [-0.15, -0.1) is 0 Å². The Kier molecular flexibility index (Phi) is 4.74. The standard InChI is InChI=1S/C15H20FN3O/c1-17-14(7-5-12-8-9-18-19(12)2)11-4-6-13(16)15(10-11)20-3/h4,6,8-10,14,17H,5,7H2,1-3H3. The topological polar surface area (TPSA) is 39.1 Å². The van der Waals surface area contributed by atoms with Gasteiger partial charge in [-0.05, 0) is 43.7 Å². The molecule has 1 atom stereocenters. The largest absolute Gasteiger partial charge is 0.494 e. The summed E-state index contributed by atoms with van der Waals surface area (Å²) in [5.74, 6) is -0.0546. The van der Waals surface area contributed by atoms with Crippen LogP contribution in [0.25, 0.3) is 0 Å². The monoisotopic (exact) mass is 277 g/mol. The number of benzene rings is 1. The van der Waals surface area contributed by atoms with Gasteiger partial charge in [-0.2, -0.15) is 5.10 Å². The molecule has 5 heteroatoms. The van der Waals surface area contributed by atoms with Crippen molar-refractivity contribution >= 4 is 0 Å². The van der Waals surface area contributed by atoms with Crippen molar-refractivity contribution in [3.05, 3.63) is 47.5 Å². The summed E-state index contributed by atoms with van der Waals surface area (Å²) >= 11 is 0. The van der Waals surface area contributed by atoms with Crippen molar-refractivity contribution in [1.29, 1.82) is 0 Å². The summed E-state index contributed by atoms with van der Waals surface area (Å²) in [6.45, 7) is 0. The number of ether oxygens (including phenoxy) is 1. The number of rotatable bonds is 6. The van der Waals surface area contributed by atoms with Crippen LogP contribution in [0.1, 0.15) is 23.7 Å². The number of hydrogen-bond acceptors (Lipinski definition) is 3. The molecule has 1 heterocycles. The molecule has 1 aromatic heterocycles. The van der Waals surface area contributed by atoms with Crippen molar-refractivity contribution in [3.63, 3.8) is 0 Å². The van der Waals surface area contributed by atoms with Gasteiger partial charge in [0, 0.05) is 25.0 Å². The van der Waals surface area contributed by atoms with Gasteiger partial charge in [0.15, 0.2) is 11.6 Å². The molecule has 4 nitrogen and oxygen atoms in total. The molecule has 1 N–H and O–H groups in total. The van der Waals surface area contributed by atoms with E-state index in [1.807, 2.05) is 24.8 Å². The Morgan fingerprint density at radius 1 is 1.40 bits per heavy atom. The summed E-state index contributed by atoms with van der Waals surface area (Å²) in [7, 11) is 5.32. The van der Waals surface area contributed by atoms with E-state index < -0.39 is 0 Å². The predicted molar refractivity (Wildman–Crippen MR) is 76.3 cm³/mol. The van der Waals surface area contributed by atoms with Crippen molar-refractivity contribution in [2.45, 2.75) is 18.9 Å². The van der Waals surface area contributed by atoms with Crippen molar-refractivity contribution < 1.29 is 9.13 Å². The van der Waals surface area contributed by atoms with Crippen molar-refractivity contribution in [2.24, 2.45) is 7.05 Å². The number of halogens is 1. The van der Waals surface area contributed by atoms with Crippen LogP contribution in [0, 0.1) is 5.82 Å². The predicted octanol–water partition coefficient (Wildman–Crippen LogP) is 2.46. The van der Waals surface area contributed by atoms with Gasteiger partial charge < -0.3 is 10.1 Å². The summed E-state index contributed by atoms with van der Waals surface area (Å²) in [4.78, 5) is 0. The highest BCUT2D eigenvalue weighted by Gasteiger charge is 2.13. The first kappa shape index (κ1) is 14.5. The van der Waals surface area contributed by atoms with E-state index in [1.54, 1.807) is 18.3 Å². The fourth-order valence-electron chi connectivity index (χ4n) is 2.31. The fourth-order valence-corrected chi connectivity index (χ4v) is 2.31.